The fraction of sp³-hybridized carbons (Fsp3) is 0.261. The van der Waals surface area contributed by atoms with Gasteiger partial charge in [0.2, 0.25) is 0 Å². The van der Waals surface area contributed by atoms with Gasteiger partial charge in [0.1, 0.15) is 0 Å². The van der Waals surface area contributed by atoms with Crippen molar-refractivity contribution in [3.8, 4) is 5.69 Å². The molecular weight excluding hydrogens is 374 g/mol. The Morgan fingerprint density at radius 3 is 2.57 bits per heavy atom. The number of aromatic amines is 1. The number of likely N-dealkylation sites (tertiary alicyclic amines) is 1. The summed E-state index contributed by atoms with van der Waals surface area (Å²) in [5, 5.41) is 18.1. The topological polar surface area (TPSA) is 99.6 Å². The molecule has 7 nitrogen and oxygen atoms in total. The fourth-order valence-corrected chi connectivity index (χ4v) is 4.19. The monoisotopic (exact) mass is 399 g/mol. The SMILES string of the molecule is N=C(c1cc2cc(CN3CCCCC3)ccc2[nH]1)c1ccc(-n2nccn2)cc1N. The predicted octanol–water partition coefficient (Wildman–Crippen LogP) is 3.73. The van der Waals surface area contributed by atoms with Gasteiger partial charge in [-0.1, -0.05) is 12.5 Å². The molecule has 0 aliphatic carbocycles. The highest BCUT2D eigenvalue weighted by Crippen LogP contribution is 2.24. The Morgan fingerprint density at radius 1 is 1.00 bits per heavy atom. The van der Waals surface area contributed by atoms with Gasteiger partial charge < -0.3 is 10.7 Å². The molecule has 0 spiro atoms. The van der Waals surface area contributed by atoms with Gasteiger partial charge >= 0.3 is 0 Å². The number of aromatic nitrogens is 4. The Bertz CT molecular complexity index is 1180. The summed E-state index contributed by atoms with van der Waals surface area (Å²) in [6, 6.07) is 14.1. The number of fused-ring (bicyclic) bond motifs is 1. The first kappa shape index (κ1) is 18.6. The summed E-state index contributed by atoms with van der Waals surface area (Å²) in [5.41, 5.74) is 11.7. The number of nitrogen functional groups attached to an aromatic ring is 1. The number of nitrogens with zero attached hydrogens (tertiary/aromatic N) is 4. The highest BCUT2D eigenvalue weighted by atomic mass is 15.5. The molecule has 3 heterocycles. The second-order valence-electron chi connectivity index (χ2n) is 7.91. The molecule has 2 aromatic heterocycles. The number of piperidine rings is 1. The highest BCUT2D eigenvalue weighted by Gasteiger charge is 2.14. The maximum Gasteiger partial charge on any atom is 0.0877 e. The Balaban J connectivity index is 1.39. The second kappa shape index (κ2) is 7.76. The lowest BCUT2D eigenvalue weighted by Crippen LogP contribution is -2.28. The Hall–Kier alpha value is -3.45. The van der Waals surface area contributed by atoms with Crippen molar-refractivity contribution < 1.29 is 0 Å². The number of hydrogen-bond acceptors (Lipinski definition) is 5. The third-order valence-corrected chi connectivity index (χ3v) is 5.76. The Labute approximate surface area is 175 Å². The lowest BCUT2D eigenvalue weighted by atomic mass is 10.0. The van der Waals surface area contributed by atoms with E-state index in [0.717, 1.165) is 28.8 Å². The van der Waals surface area contributed by atoms with Crippen molar-refractivity contribution in [3.63, 3.8) is 0 Å². The van der Waals surface area contributed by atoms with Gasteiger partial charge in [-0.05, 0) is 67.9 Å². The molecular formula is C23H25N7. The largest absolute Gasteiger partial charge is 0.398 e. The van der Waals surface area contributed by atoms with Crippen LogP contribution in [-0.4, -0.2) is 43.7 Å². The predicted molar refractivity (Wildman–Crippen MR) is 119 cm³/mol. The molecule has 0 radical (unpaired) electrons. The first-order chi connectivity index (χ1) is 14.7. The zero-order chi connectivity index (χ0) is 20.5. The average molecular weight is 400 g/mol. The smallest absolute Gasteiger partial charge is 0.0877 e. The molecule has 152 valence electrons. The van der Waals surface area contributed by atoms with E-state index >= 15 is 0 Å². The maximum atomic E-state index is 8.69. The van der Waals surface area contributed by atoms with Crippen LogP contribution in [0.25, 0.3) is 16.6 Å². The number of nitrogens with one attached hydrogen (secondary N) is 2. The number of nitrogens with two attached hydrogens (primary N) is 1. The van der Waals surface area contributed by atoms with Gasteiger partial charge in [-0.2, -0.15) is 15.0 Å². The van der Waals surface area contributed by atoms with E-state index in [-0.39, 0.29) is 0 Å². The number of H-pyrrole nitrogens is 1. The van der Waals surface area contributed by atoms with Crippen LogP contribution >= 0.6 is 0 Å². The lowest BCUT2D eigenvalue weighted by Gasteiger charge is -2.26. The van der Waals surface area contributed by atoms with Crippen LogP contribution < -0.4 is 5.73 Å². The quantitative estimate of drug-likeness (QED) is 0.352. The summed E-state index contributed by atoms with van der Waals surface area (Å²) in [6.07, 6.45) is 7.18. The molecule has 4 aromatic rings. The van der Waals surface area contributed by atoms with Crippen molar-refractivity contribution in [2.45, 2.75) is 25.8 Å². The van der Waals surface area contributed by atoms with Crippen LogP contribution in [0.2, 0.25) is 0 Å². The molecule has 0 unspecified atom stereocenters. The maximum absolute atomic E-state index is 8.69. The molecule has 30 heavy (non-hydrogen) atoms. The van der Waals surface area contributed by atoms with Gasteiger partial charge in [0.25, 0.3) is 0 Å². The molecule has 1 fully saturated rings. The minimum atomic E-state index is 0.376. The molecule has 1 aliphatic heterocycles. The van der Waals surface area contributed by atoms with Crippen molar-refractivity contribution in [2.24, 2.45) is 0 Å². The van der Waals surface area contributed by atoms with E-state index in [0.29, 0.717) is 17.0 Å². The van der Waals surface area contributed by atoms with E-state index in [1.807, 2.05) is 18.2 Å². The van der Waals surface area contributed by atoms with Gasteiger partial charge in [-0.15, -0.1) is 0 Å². The summed E-state index contributed by atoms with van der Waals surface area (Å²) in [4.78, 5) is 7.41. The van der Waals surface area contributed by atoms with Crippen LogP contribution in [0.1, 0.15) is 36.1 Å². The summed E-state index contributed by atoms with van der Waals surface area (Å²) < 4.78 is 0. The number of benzene rings is 2. The van der Waals surface area contributed by atoms with E-state index in [2.05, 4.69) is 38.3 Å². The van der Waals surface area contributed by atoms with E-state index < -0.39 is 0 Å². The van der Waals surface area contributed by atoms with Crippen LogP contribution in [0, 0.1) is 5.41 Å². The minimum absolute atomic E-state index is 0.376. The summed E-state index contributed by atoms with van der Waals surface area (Å²) >= 11 is 0. The van der Waals surface area contributed by atoms with Gasteiger partial charge in [0, 0.05) is 28.7 Å². The molecule has 1 saturated heterocycles. The molecule has 1 aliphatic rings. The molecule has 0 atom stereocenters. The van der Waals surface area contributed by atoms with E-state index in [9.17, 15) is 0 Å². The average Bonchev–Trinajstić information content (AvgIpc) is 3.44. The Morgan fingerprint density at radius 2 is 1.80 bits per heavy atom. The van der Waals surface area contributed by atoms with Crippen LogP contribution in [0.4, 0.5) is 5.69 Å². The second-order valence-corrected chi connectivity index (χ2v) is 7.91. The van der Waals surface area contributed by atoms with Gasteiger partial charge in [-0.25, -0.2) is 0 Å². The fourth-order valence-electron chi connectivity index (χ4n) is 4.19. The van der Waals surface area contributed by atoms with E-state index in [1.54, 1.807) is 18.5 Å². The van der Waals surface area contributed by atoms with Crippen molar-refractivity contribution >= 4 is 22.3 Å². The number of anilines is 1. The summed E-state index contributed by atoms with van der Waals surface area (Å²) in [6.45, 7) is 3.36. The van der Waals surface area contributed by atoms with Crippen molar-refractivity contribution in [1.82, 2.24) is 24.9 Å². The standard InChI is InChI=1S/C23H25N7/c24-20-14-18(30-26-8-9-27-30)5-6-19(20)23(25)22-13-17-12-16(4-7-21(17)28-22)15-29-10-2-1-3-11-29/h4-9,12-14,25,28H,1-3,10-11,15,24H2. The third kappa shape index (κ3) is 3.59. The minimum Gasteiger partial charge on any atom is -0.398 e. The highest BCUT2D eigenvalue weighted by molar-refractivity contribution is 6.14. The molecule has 0 saturated carbocycles. The van der Waals surface area contributed by atoms with Crippen LogP contribution in [0.3, 0.4) is 0 Å². The zero-order valence-electron chi connectivity index (χ0n) is 16.8. The van der Waals surface area contributed by atoms with Gasteiger partial charge in [-0.3, -0.25) is 10.3 Å². The zero-order valence-corrected chi connectivity index (χ0v) is 16.8. The molecule has 0 bridgehead atoms. The van der Waals surface area contributed by atoms with Gasteiger partial charge in [0.05, 0.1) is 29.5 Å². The molecule has 0 amide bonds. The number of rotatable bonds is 5. The normalized spacial score (nSPS) is 14.9. The first-order valence-electron chi connectivity index (χ1n) is 10.4. The summed E-state index contributed by atoms with van der Waals surface area (Å²) in [5.74, 6) is 0. The van der Waals surface area contributed by atoms with Crippen LogP contribution in [-0.2, 0) is 6.54 Å². The van der Waals surface area contributed by atoms with E-state index in [1.165, 1.54) is 42.7 Å². The van der Waals surface area contributed by atoms with Crippen molar-refractivity contribution in [2.75, 3.05) is 18.8 Å². The van der Waals surface area contributed by atoms with E-state index in [4.69, 9.17) is 11.1 Å². The third-order valence-electron chi connectivity index (χ3n) is 5.76. The summed E-state index contributed by atoms with van der Waals surface area (Å²) in [7, 11) is 0. The van der Waals surface area contributed by atoms with Crippen LogP contribution in [0.15, 0.2) is 54.9 Å². The molecule has 4 N–H and O–H groups in total. The van der Waals surface area contributed by atoms with Gasteiger partial charge in [0.15, 0.2) is 0 Å². The first-order valence-corrected chi connectivity index (χ1v) is 10.4. The Kier molecular flexibility index (Phi) is 4.80. The lowest BCUT2D eigenvalue weighted by molar-refractivity contribution is 0.221. The van der Waals surface area contributed by atoms with Crippen molar-refractivity contribution in [3.05, 3.63) is 71.7 Å². The van der Waals surface area contributed by atoms with Crippen molar-refractivity contribution in [1.29, 1.82) is 5.41 Å². The number of hydrogen-bond donors (Lipinski definition) is 3. The van der Waals surface area contributed by atoms with Crippen LogP contribution in [0.5, 0.6) is 0 Å². The molecule has 5 rings (SSSR count). The molecule has 7 heteroatoms. The molecule has 2 aromatic carbocycles.